The average Bonchev–Trinajstić information content (AvgIpc) is 3.43. The summed E-state index contributed by atoms with van der Waals surface area (Å²) in [5.74, 6) is -2.16. The quantitative estimate of drug-likeness (QED) is 0.333. The second-order valence-corrected chi connectivity index (χ2v) is 6.65. The second-order valence-electron chi connectivity index (χ2n) is 6.18. The first-order valence-corrected chi connectivity index (χ1v) is 8.34. The highest BCUT2D eigenvalue weighted by molar-refractivity contribution is 6.32. The van der Waals surface area contributed by atoms with Crippen molar-refractivity contribution in [1.29, 1.82) is 10.8 Å². The lowest BCUT2D eigenvalue weighted by molar-refractivity contribution is -0.201. The van der Waals surface area contributed by atoms with Crippen LogP contribution in [0.4, 0.5) is 22.0 Å². The van der Waals surface area contributed by atoms with Gasteiger partial charge in [-0.1, -0.05) is 0 Å². The highest BCUT2D eigenvalue weighted by Crippen LogP contribution is 2.42. The molecule has 1 aliphatic carbocycles. The molecule has 0 saturated heterocycles. The van der Waals surface area contributed by atoms with Crippen molar-refractivity contribution in [3.63, 3.8) is 0 Å². The van der Waals surface area contributed by atoms with Crippen molar-refractivity contribution in [1.82, 2.24) is 14.5 Å². The monoisotopic (exact) mass is 421 g/mol. The lowest BCUT2D eigenvalue weighted by Gasteiger charge is -2.20. The minimum absolute atomic E-state index is 0.0651. The summed E-state index contributed by atoms with van der Waals surface area (Å²) < 4.78 is 70.9. The van der Waals surface area contributed by atoms with Crippen molar-refractivity contribution in [3.8, 4) is 17.1 Å². The van der Waals surface area contributed by atoms with Gasteiger partial charge in [-0.3, -0.25) is 20.4 Å². The summed E-state index contributed by atoms with van der Waals surface area (Å²) in [5.41, 5.74) is -0.170. The number of nitrogens with zero attached hydrogens (tertiary/aromatic N) is 3. The number of pyridine rings is 1. The third kappa shape index (κ3) is 4.46. The molecule has 12 heteroatoms. The van der Waals surface area contributed by atoms with Crippen LogP contribution in [0.5, 0.6) is 5.88 Å². The van der Waals surface area contributed by atoms with Crippen LogP contribution in [0.2, 0.25) is 0 Å². The van der Waals surface area contributed by atoms with Crippen LogP contribution in [0.1, 0.15) is 12.8 Å². The molecule has 28 heavy (non-hydrogen) atoms. The second kappa shape index (κ2) is 7.12. The molecule has 1 fully saturated rings. The predicted molar refractivity (Wildman–Crippen MR) is 88.4 cm³/mol. The molecule has 0 bridgehead atoms. The first-order chi connectivity index (χ1) is 13.0. The van der Waals surface area contributed by atoms with E-state index in [4.69, 9.17) is 27.2 Å². The zero-order valence-corrected chi connectivity index (χ0v) is 14.7. The molecule has 3 rings (SSSR count). The SMILES string of the molecule is N=C(n1cc(-c2ccc(OC(C3CC3)C(F)(F)F)nc2)ncc1=N)C(F)(F)Cl. The minimum atomic E-state index is -4.51. The van der Waals surface area contributed by atoms with E-state index in [0.29, 0.717) is 17.4 Å². The van der Waals surface area contributed by atoms with E-state index in [9.17, 15) is 22.0 Å². The van der Waals surface area contributed by atoms with Crippen LogP contribution < -0.4 is 10.2 Å². The van der Waals surface area contributed by atoms with E-state index in [2.05, 4.69) is 9.97 Å². The number of rotatable bonds is 5. The largest absolute Gasteiger partial charge is 0.464 e. The summed E-state index contributed by atoms with van der Waals surface area (Å²) in [4.78, 5) is 7.71. The zero-order valence-electron chi connectivity index (χ0n) is 14.0. The summed E-state index contributed by atoms with van der Waals surface area (Å²) in [7, 11) is 0. The molecule has 2 aromatic rings. The predicted octanol–water partition coefficient (Wildman–Crippen LogP) is 3.80. The number of hydrogen-bond acceptors (Lipinski definition) is 5. The van der Waals surface area contributed by atoms with Crippen molar-refractivity contribution in [2.75, 3.05) is 0 Å². The van der Waals surface area contributed by atoms with Crippen molar-refractivity contribution >= 4 is 17.4 Å². The molecule has 1 atom stereocenters. The molecule has 0 radical (unpaired) electrons. The molecule has 2 heterocycles. The van der Waals surface area contributed by atoms with Crippen LogP contribution in [0, 0.1) is 16.7 Å². The number of ether oxygens (including phenoxy) is 1. The van der Waals surface area contributed by atoms with E-state index < -0.39 is 34.9 Å². The van der Waals surface area contributed by atoms with E-state index in [0.717, 1.165) is 18.6 Å². The summed E-state index contributed by atoms with van der Waals surface area (Å²) in [6, 6.07) is 2.56. The molecule has 0 spiro atoms. The minimum Gasteiger partial charge on any atom is -0.464 e. The van der Waals surface area contributed by atoms with Gasteiger partial charge >= 0.3 is 11.6 Å². The van der Waals surface area contributed by atoms with E-state index in [1.165, 1.54) is 12.1 Å². The third-order valence-corrected chi connectivity index (χ3v) is 4.18. The highest BCUT2D eigenvalue weighted by Gasteiger charge is 2.51. The van der Waals surface area contributed by atoms with Crippen LogP contribution >= 0.6 is 11.6 Å². The number of halogens is 6. The first-order valence-electron chi connectivity index (χ1n) is 7.96. The van der Waals surface area contributed by atoms with E-state index in [-0.39, 0.29) is 17.1 Å². The lowest BCUT2D eigenvalue weighted by atomic mass is 10.2. The average molecular weight is 422 g/mol. The molecule has 1 aliphatic rings. The number of nitrogens with one attached hydrogen (secondary N) is 2. The fraction of sp³-hybridized carbons (Fsp3) is 0.375. The van der Waals surface area contributed by atoms with Gasteiger partial charge in [0.25, 0.3) is 0 Å². The maximum atomic E-state index is 13.2. The third-order valence-electron chi connectivity index (χ3n) is 4.00. The Balaban J connectivity index is 1.84. The van der Waals surface area contributed by atoms with Crippen molar-refractivity contribution < 1.29 is 26.7 Å². The molecular formula is C16H13ClF5N5O. The van der Waals surface area contributed by atoms with Gasteiger partial charge in [-0.15, -0.1) is 0 Å². The first kappa shape index (κ1) is 20.2. The molecule has 150 valence electrons. The fourth-order valence-electron chi connectivity index (χ4n) is 2.45. The maximum Gasteiger partial charge on any atom is 0.425 e. The molecule has 1 unspecified atom stereocenters. The topological polar surface area (TPSA) is 87.6 Å². The van der Waals surface area contributed by atoms with Crippen LogP contribution in [0.25, 0.3) is 11.3 Å². The van der Waals surface area contributed by atoms with Gasteiger partial charge in [0, 0.05) is 29.9 Å². The van der Waals surface area contributed by atoms with Crippen LogP contribution in [0.3, 0.4) is 0 Å². The Morgan fingerprint density at radius 3 is 2.36 bits per heavy atom. The van der Waals surface area contributed by atoms with Gasteiger partial charge in [0.2, 0.25) is 5.88 Å². The fourth-order valence-corrected chi connectivity index (χ4v) is 2.54. The number of aromatic nitrogens is 3. The Labute approximate surface area is 160 Å². The van der Waals surface area contributed by atoms with Gasteiger partial charge < -0.3 is 4.74 Å². The molecule has 0 amide bonds. The lowest BCUT2D eigenvalue weighted by Crippen LogP contribution is -2.36. The maximum absolute atomic E-state index is 13.2. The van der Waals surface area contributed by atoms with E-state index in [1.54, 1.807) is 0 Å². The Kier molecular flexibility index (Phi) is 5.13. The summed E-state index contributed by atoms with van der Waals surface area (Å²) >= 11 is 4.82. The van der Waals surface area contributed by atoms with Gasteiger partial charge in [0.15, 0.2) is 11.9 Å². The Hall–Kier alpha value is -2.56. The summed E-state index contributed by atoms with van der Waals surface area (Å²) in [5, 5.41) is 11.0. The number of alkyl halides is 6. The zero-order chi connectivity index (χ0) is 20.7. The van der Waals surface area contributed by atoms with Gasteiger partial charge in [0.05, 0.1) is 11.9 Å². The Morgan fingerprint density at radius 1 is 1.18 bits per heavy atom. The smallest absolute Gasteiger partial charge is 0.425 e. The summed E-state index contributed by atoms with van der Waals surface area (Å²) in [6.07, 6.45) is -2.49. The van der Waals surface area contributed by atoms with Crippen molar-refractivity contribution in [3.05, 3.63) is 36.2 Å². The highest BCUT2D eigenvalue weighted by atomic mass is 35.5. The normalized spacial score (nSPS) is 15.9. The number of hydrogen-bond donors (Lipinski definition) is 2. The molecule has 0 aliphatic heterocycles. The molecule has 1 saturated carbocycles. The molecular weight excluding hydrogens is 409 g/mol. The Bertz CT molecular complexity index is 934. The van der Waals surface area contributed by atoms with E-state index >= 15 is 0 Å². The van der Waals surface area contributed by atoms with Crippen LogP contribution in [0.15, 0.2) is 30.7 Å². The standard InChI is InChI=1S/C16H13ClF5N5O/c17-15(18,19)14(24)27-7-10(25-6-11(27)23)9-3-4-12(26-5-9)28-13(8-1-2-8)16(20,21)22/h3-8,13,23-24H,1-2H2. The van der Waals surface area contributed by atoms with Gasteiger partial charge in [0.1, 0.15) is 5.49 Å². The van der Waals surface area contributed by atoms with Gasteiger partial charge in [-0.05, 0) is 30.5 Å². The van der Waals surface area contributed by atoms with Crippen molar-refractivity contribution in [2.45, 2.75) is 30.5 Å². The van der Waals surface area contributed by atoms with Crippen molar-refractivity contribution in [2.24, 2.45) is 5.92 Å². The molecule has 0 aromatic carbocycles. The van der Waals surface area contributed by atoms with Crippen LogP contribution in [-0.4, -0.2) is 38.0 Å². The molecule has 2 N–H and O–H groups in total. The van der Waals surface area contributed by atoms with E-state index in [1.807, 2.05) is 0 Å². The van der Waals surface area contributed by atoms with Gasteiger partial charge in [-0.25, -0.2) is 4.98 Å². The molecule has 6 nitrogen and oxygen atoms in total. The summed E-state index contributed by atoms with van der Waals surface area (Å²) in [6.45, 7) is 0. The van der Waals surface area contributed by atoms with Crippen LogP contribution in [-0.2, 0) is 0 Å². The Morgan fingerprint density at radius 2 is 1.86 bits per heavy atom. The van der Waals surface area contributed by atoms with Gasteiger partial charge in [-0.2, -0.15) is 22.0 Å². The molecule has 2 aromatic heterocycles.